The SMILES string of the molecule is Clc1ccc2nnc(-c3ccc(Cl)c(Br)c3)n2n1. The first-order chi connectivity index (χ1) is 8.65. The minimum Gasteiger partial charge on any atom is -0.191 e. The van der Waals surface area contributed by atoms with Gasteiger partial charge in [0.2, 0.25) is 0 Å². The van der Waals surface area contributed by atoms with Gasteiger partial charge in [-0.15, -0.1) is 10.2 Å². The molecule has 0 radical (unpaired) electrons. The highest BCUT2D eigenvalue weighted by Gasteiger charge is 2.10. The molecular formula is C11H5BrCl2N4. The second kappa shape index (κ2) is 4.50. The summed E-state index contributed by atoms with van der Waals surface area (Å²) in [6.45, 7) is 0. The van der Waals surface area contributed by atoms with E-state index in [1.165, 1.54) is 0 Å². The molecule has 0 aliphatic heterocycles. The number of rotatable bonds is 1. The molecule has 0 N–H and O–H groups in total. The minimum absolute atomic E-state index is 0.386. The maximum atomic E-state index is 5.96. The number of hydrogen-bond donors (Lipinski definition) is 0. The molecule has 2 aromatic heterocycles. The van der Waals surface area contributed by atoms with Gasteiger partial charge in [0.15, 0.2) is 11.5 Å². The fraction of sp³-hybridized carbons (Fsp3) is 0. The summed E-state index contributed by atoms with van der Waals surface area (Å²) in [5.41, 5.74) is 1.49. The molecule has 0 spiro atoms. The first-order valence-corrected chi connectivity index (χ1v) is 6.53. The predicted octanol–water partition coefficient (Wildman–Crippen LogP) is 3.86. The van der Waals surface area contributed by atoms with Gasteiger partial charge in [-0.25, -0.2) is 0 Å². The lowest BCUT2D eigenvalue weighted by Crippen LogP contribution is -1.94. The zero-order valence-corrected chi connectivity index (χ0v) is 11.9. The zero-order chi connectivity index (χ0) is 12.7. The van der Waals surface area contributed by atoms with Crippen LogP contribution in [-0.2, 0) is 0 Å². The Hall–Kier alpha value is -1.17. The van der Waals surface area contributed by atoms with E-state index in [-0.39, 0.29) is 0 Å². The maximum Gasteiger partial charge on any atom is 0.185 e. The minimum atomic E-state index is 0.386. The molecule has 0 bridgehead atoms. The smallest absolute Gasteiger partial charge is 0.185 e. The lowest BCUT2D eigenvalue weighted by Gasteiger charge is -2.01. The van der Waals surface area contributed by atoms with Crippen LogP contribution in [-0.4, -0.2) is 19.8 Å². The molecule has 1 aromatic carbocycles. The van der Waals surface area contributed by atoms with Crippen molar-refractivity contribution < 1.29 is 0 Å². The Balaban J connectivity index is 2.24. The largest absolute Gasteiger partial charge is 0.191 e. The van der Waals surface area contributed by atoms with Crippen molar-refractivity contribution >= 4 is 44.8 Å². The van der Waals surface area contributed by atoms with Crippen molar-refractivity contribution in [1.29, 1.82) is 0 Å². The first-order valence-electron chi connectivity index (χ1n) is 4.98. The Morgan fingerprint density at radius 3 is 2.67 bits per heavy atom. The molecule has 0 amide bonds. The normalized spacial score (nSPS) is 11.1. The van der Waals surface area contributed by atoms with Crippen molar-refractivity contribution in [3.05, 3.63) is 45.0 Å². The molecule has 0 aliphatic rings. The molecule has 0 unspecified atom stereocenters. The van der Waals surface area contributed by atoms with E-state index in [1.54, 1.807) is 22.7 Å². The van der Waals surface area contributed by atoms with Gasteiger partial charge in [0.25, 0.3) is 0 Å². The van der Waals surface area contributed by atoms with Crippen molar-refractivity contribution in [2.45, 2.75) is 0 Å². The summed E-state index contributed by atoms with van der Waals surface area (Å²) in [6.07, 6.45) is 0. The fourth-order valence-corrected chi connectivity index (χ4v) is 2.22. The van der Waals surface area contributed by atoms with Gasteiger partial charge in [0, 0.05) is 10.0 Å². The number of nitrogens with zero attached hydrogens (tertiary/aromatic N) is 4. The van der Waals surface area contributed by atoms with Crippen molar-refractivity contribution in [2.75, 3.05) is 0 Å². The standard InChI is InChI=1S/C11H5BrCl2N4/c12-7-5-6(1-2-8(7)13)11-16-15-10-4-3-9(14)17-18(10)11/h1-5H. The van der Waals surface area contributed by atoms with Crippen LogP contribution in [0.25, 0.3) is 17.0 Å². The molecule has 3 rings (SSSR count). The second-order valence-corrected chi connectivity index (χ2v) is 5.23. The molecule has 18 heavy (non-hydrogen) atoms. The maximum absolute atomic E-state index is 5.96. The average Bonchev–Trinajstić information content (AvgIpc) is 2.75. The van der Waals surface area contributed by atoms with Gasteiger partial charge in [-0.3, -0.25) is 0 Å². The molecule has 2 heterocycles. The molecular weight excluding hydrogens is 339 g/mol. The van der Waals surface area contributed by atoms with Crippen LogP contribution in [0.2, 0.25) is 10.2 Å². The Morgan fingerprint density at radius 2 is 1.89 bits per heavy atom. The van der Waals surface area contributed by atoms with Gasteiger partial charge in [-0.05, 0) is 46.3 Å². The lowest BCUT2D eigenvalue weighted by molar-refractivity contribution is 0.936. The summed E-state index contributed by atoms with van der Waals surface area (Å²) in [5.74, 6) is 0.616. The third-order valence-electron chi connectivity index (χ3n) is 2.41. The van der Waals surface area contributed by atoms with Crippen molar-refractivity contribution in [2.24, 2.45) is 0 Å². The van der Waals surface area contributed by atoms with Crippen LogP contribution < -0.4 is 0 Å². The van der Waals surface area contributed by atoms with E-state index < -0.39 is 0 Å². The molecule has 0 saturated carbocycles. The third kappa shape index (κ3) is 1.98. The van der Waals surface area contributed by atoms with E-state index in [0.717, 1.165) is 10.0 Å². The molecule has 4 nitrogen and oxygen atoms in total. The number of hydrogen-bond acceptors (Lipinski definition) is 3. The zero-order valence-electron chi connectivity index (χ0n) is 8.81. The number of benzene rings is 1. The van der Waals surface area contributed by atoms with Crippen molar-refractivity contribution in [3.63, 3.8) is 0 Å². The van der Waals surface area contributed by atoms with E-state index in [2.05, 4.69) is 31.2 Å². The second-order valence-electron chi connectivity index (χ2n) is 3.58. The van der Waals surface area contributed by atoms with E-state index in [9.17, 15) is 0 Å². The average molecular weight is 344 g/mol. The van der Waals surface area contributed by atoms with Crippen LogP contribution in [0.15, 0.2) is 34.8 Å². The number of fused-ring (bicyclic) bond motifs is 1. The predicted molar refractivity (Wildman–Crippen MR) is 73.9 cm³/mol. The van der Waals surface area contributed by atoms with E-state index in [0.29, 0.717) is 21.6 Å². The summed E-state index contributed by atoms with van der Waals surface area (Å²) in [5, 5.41) is 13.3. The Morgan fingerprint density at radius 1 is 1.06 bits per heavy atom. The van der Waals surface area contributed by atoms with Crippen LogP contribution >= 0.6 is 39.1 Å². The molecule has 0 saturated heterocycles. The lowest BCUT2D eigenvalue weighted by atomic mass is 10.2. The monoisotopic (exact) mass is 342 g/mol. The van der Waals surface area contributed by atoms with E-state index >= 15 is 0 Å². The summed E-state index contributed by atoms with van der Waals surface area (Å²) < 4.78 is 2.39. The molecule has 3 aromatic rings. The van der Waals surface area contributed by atoms with Crippen molar-refractivity contribution in [3.8, 4) is 11.4 Å². The highest BCUT2D eigenvalue weighted by atomic mass is 79.9. The van der Waals surface area contributed by atoms with Gasteiger partial charge in [-0.2, -0.15) is 9.61 Å². The fourth-order valence-electron chi connectivity index (χ4n) is 1.58. The van der Waals surface area contributed by atoms with E-state index in [1.807, 2.05) is 12.1 Å². The summed E-state index contributed by atoms with van der Waals surface area (Å²) in [4.78, 5) is 0. The van der Waals surface area contributed by atoms with Crippen LogP contribution in [0.1, 0.15) is 0 Å². The Kier molecular flexibility index (Phi) is 2.97. The van der Waals surface area contributed by atoms with E-state index in [4.69, 9.17) is 23.2 Å². The molecule has 0 fully saturated rings. The summed E-state index contributed by atoms with van der Waals surface area (Å²) >= 11 is 15.2. The van der Waals surface area contributed by atoms with Crippen molar-refractivity contribution in [1.82, 2.24) is 19.8 Å². The Bertz CT molecular complexity index is 741. The summed E-state index contributed by atoms with van der Waals surface area (Å²) in [6, 6.07) is 8.93. The van der Waals surface area contributed by atoms with Gasteiger partial charge >= 0.3 is 0 Å². The third-order valence-corrected chi connectivity index (χ3v) is 3.82. The number of halogens is 3. The van der Waals surface area contributed by atoms with Crippen LogP contribution in [0, 0.1) is 0 Å². The molecule has 7 heteroatoms. The van der Waals surface area contributed by atoms with Gasteiger partial charge in [0.05, 0.1) is 5.02 Å². The van der Waals surface area contributed by atoms with Crippen LogP contribution in [0.4, 0.5) is 0 Å². The van der Waals surface area contributed by atoms with Gasteiger partial charge in [0.1, 0.15) is 5.15 Å². The quantitative estimate of drug-likeness (QED) is 0.673. The highest BCUT2D eigenvalue weighted by Crippen LogP contribution is 2.28. The molecule has 90 valence electrons. The van der Waals surface area contributed by atoms with Crippen LogP contribution in [0.5, 0.6) is 0 Å². The number of aromatic nitrogens is 4. The molecule has 0 atom stereocenters. The first kappa shape index (κ1) is 11.9. The van der Waals surface area contributed by atoms with Crippen LogP contribution in [0.3, 0.4) is 0 Å². The topological polar surface area (TPSA) is 43.1 Å². The molecule has 0 aliphatic carbocycles. The Labute approximate surface area is 121 Å². The highest BCUT2D eigenvalue weighted by molar-refractivity contribution is 9.10. The summed E-state index contributed by atoms with van der Waals surface area (Å²) in [7, 11) is 0. The van der Waals surface area contributed by atoms with Gasteiger partial charge in [-0.1, -0.05) is 23.2 Å². The van der Waals surface area contributed by atoms with Gasteiger partial charge < -0.3 is 0 Å².